The minimum atomic E-state index is -4.67. The molecule has 1 atom stereocenters. The van der Waals surface area contributed by atoms with Crippen LogP contribution in [0.4, 0.5) is 13.2 Å². The second-order valence-corrected chi connectivity index (χ2v) is 8.44. The van der Waals surface area contributed by atoms with Crippen LogP contribution in [-0.4, -0.2) is 55.1 Å². The molecule has 148 valence electrons. The molecule has 3 aromatic heterocycles. The highest BCUT2D eigenvalue weighted by molar-refractivity contribution is 8.00. The Balaban J connectivity index is 1.64. The lowest BCUT2D eigenvalue weighted by Crippen LogP contribution is -2.46. The summed E-state index contributed by atoms with van der Waals surface area (Å²) in [7, 11) is 0. The Hall–Kier alpha value is -2.14. The Morgan fingerprint density at radius 1 is 1.14 bits per heavy atom. The monoisotopic (exact) mass is 427 g/mol. The number of hydrogen-bond donors (Lipinski definition) is 0. The molecule has 0 aliphatic carbocycles. The van der Waals surface area contributed by atoms with Gasteiger partial charge in [-0.15, -0.1) is 21.5 Å². The highest BCUT2D eigenvalue weighted by Gasteiger charge is 2.47. The van der Waals surface area contributed by atoms with Gasteiger partial charge in [0.2, 0.25) is 5.91 Å². The van der Waals surface area contributed by atoms with Crippen molar-refractivity contribution < 1.29 is 18.0 Å². The van der Waals surface area contributed by atoms with E-state index in [2.05, 4.69) is 15.3 Å². The number of thiophene rings is 1. The lowest BCUT2D eigenvalue weighted by atomic mass is 10.1. The van der Waals surface area contributed by atoms with Crippen LogP contribution in [0.3, 0.4) is 0 Å². The van der Waals surface area contributed by atoms with Gasteiger partial charge in [-0.05, 0) is 42.8 Å². The number of fused-ring (bicyclic) bond motifs is 1. The minimum Gasteiger partial charge on any atom is -0.341 e. The lowest BCUT2D eigenvalue weighted by Gasteiger charge is -2.30. The van der Waals surface area contributed by atoms with Crippen LogP contribution < -0.4 is 0 Å². The first-order valence-electron chi connectivity index (χ1n) is 8.72. The Bertz CT molecular complexity index is 967. The summed E-state index contributed by atoms with van der Waals surface area (Å²) < 4.78 is 42.3. The van der Waals surface area contributed by atoms with E-state index < -0.39 is 17.3 Å². The zero-order valence-corrected chi connectivity index (χ0v) is 16.2. The molecule has 0 spiro atoms. The Morgan fingerprint density at radius 3 is 2.61 bits per heavy atom. The lowest BCUT2D eigenvalue weighted by molar-refractivity contribution is -0.158. The summed E-state index contributed by atoms with van der Waals surface area (Å²) in [5.74, 6) is -0.445. The van der Waals surface area contributed by atoms with E-state index in [4.69, 9.17) is 0 Å². The van der Waals surface area contributed by atoms with Crippen LogP contribution in [0.1, 0.15) is 19.3 Å². The van der Waals surface area contributed by atoms with Gasteiger partial charge in [-0.3, -0.25) is 4.79 Å². The number of amides is 1. The maximum atomic E-state index is 13.6. The molecule has 4 rings (SSSR count). The van der Waals surface area contributed by atoms with E-state index in [9.17, 15) is 18.0 Å². The molecular formula is C17H16F3N5OS2. The predicted octanol–water partition coefficient (Wildman–Crippen LogP) is 3.89. The van der Waals surface area contributed by atoms with E-state index >= 15 is 0 Å². The second kappa shape index (κ2) is 7.70. The molecule has 1 aliphatic heterocycles. The fourth-order valence-corrected chi connectivity index (χ4v) is 4.65. The van der Waals surface area contributed by atoms with Crippen molar-refractivity contribution >= 4 is 34.7 Å². The van der Waals surface area contributed by atoms with Crippen LogP contribution in [-0.2, 0) is 4.79 Å². The topological polar surface area (TPSA) is 63.4 Å². The van der Waals surface area contributed by atoms with Crippen molar-refractivity contribution in [3.05, 3.63) is 29.6 Å². The fourth-order valence-electron chi connectivity index (χ4n) is 3.05. The van der Waals surface area contributed by atoms with E-state index in [1.807, 2.05) is 17.5 Å². The summed E-state index contributed by atoms with van der Waals surface area (Å²) in [6.45, 7) is 0.735. The molecule has 1 saturated heterocycles. The summed E-state index contributed by atoms with van der Waals surface area (Å²) in [5.41, 5.74) is 0.429. The third-order valence-corrected chi connectivity index (χ3v) is 6.44. The molecule has 11 heteroatoms. The van der Waals surface area contributed by atoms with Gasteiger partial charge in [-0.1, -0.05) is 17.8 Å². The number of halogens is 3. The van der Waals surface area contributed by atoms with Gasteiger partial charge in [0.1, 0.15) is 5.03 Å². The van der Waals surface area contributed by atoms with E-state index in [0.717, 1.165) is 24.1 Å². The van der Waals surface area contributed by atoms with Crippen molar-refractivity contribution in [2.45, 2.75) is 35.7 Å². The molecule has 0 N–H and O–H groups in total. The number of rotatable bonds is 4. The first-order valence-corrected chi connectivity index (χ1v) is 10.5. The van der Waals surface area contributed by atoms with Gasteiger partial charge in [-0.2, -0.15) is 22.8 Å². The van der Waals surface area contributed by atoms with Gasteiger partial charge in [0.15, 0.2) is 16.7 Å². The number of piperidine rings is 1. The van der Waals surface area contributed by atoms with Crippen molar-refractivity contribution in [3.63, 3.8) is 0 Å². The average Bonchev–Trinajstić information content (AvgIpc) is 3.34. The van der Waals surface area contributed by atoms with E-state index in [0.29, 0.717) is 36.3 Å². The number of carbonyl (C=O) groups is 1. The standard InChI is InChI=1S/C17H16F3N5OS2/c18-17(19,20)14(16(26)24-8-2-1-3-9-24)28-13-7-6-12-21-22-15(25(12)23-13)11-5-4-10-27-11/h4-7,10,14H,1-3,8-9H2. The molecule has 1 aliphatic rings. The molecule has 0 bridgehead atoms. The first kappa shape index (κ1) is 19.2. The summed E-state index contributed by atoms with van der Waals surface area (Å²) in [5, 5.41) is 12.1. The van der Waals surface area contributed by atoms with Gasteiger partial charge in [0.25, 0.3) is 0 Å². The van der Waals surface area contributed by atoms with Crippen LogP contribution in [0.2, 0.25) is 0 Å². The average molecular weight is 427 g/mol. The Kier molecular flexibility index (Phi) is 5.28. The smallest absolute Gasteiger partial charge is 0.341 e. The predicted molar refractivity (Wildman–Crippen MR) is 100 cm³/mol. The fraction of sp³-hybridized carbons (Fsp3) is 0.412. The van der Waals surface area contributed by atoms with Gasteiger partial charge in [0, 0.05) is 13.1 Å². The third-order valence-electron chi connectivity index (χ3n) is 4.41. The van der Waals surface area contributed by atoms with E-state index in [-0.39, 0.29) is 5.03 Å². The molecule has 0 saturated carbocycles. The highest BCUT2D eigenvalue weighted by atomic mass is 32.2. The highest BCUT2D eigenvalue weighted by Crippen LogP contribution is 2.36. The van der Waals surface area contributed by atoms with Crippen molar-refractivity contribution in [2.75, 3.05) is 13.1 Å². The van der Waals surface area contributed by atoms with Crippen molar-refractivity contribution in [2.24, 2.45) is 0 Å². The normalized spacial score (nSPS) is 16.5. The number of alkyl halides is 3. The van der Waals surface area contributed by atoms with Crippen LogP contribution in [0.15, 0.2) is 34.7 Å². The maximum Gasteiger partial charge on any atom is 0.409 e. The summed E-state index contributed by atoms with van der Waals surface area (Å²) in [6, 6.07) is 6.67. The zero-order chi connectivity index (χ0) is 19.7. The molecule has 1 amide bonds. The number of thioether (sulfide) groups is 1. The number of likely N-dealkylation sites (tertiary alicyclic amines) is 1. The van der Waals surface area contributed by atoms with Gasteiger partial charge in [0.05, 0.1) is 4.88 Å². The van der Waals surface area contributed by atoms with Gasteiger partial charge >= 0.3 is 6.18 Å². The van der Waals surface area contributed by atoms with Crippen molar-refractivity contribution in [1.82, 2.24) is 24.7 Å². The molecule has 4 heterocycles. The van der Waals surface area contributed by atoms with Crippen molar-refractivity contribution in [3.8, 4) is 10.7 Å². The number of carbonyl (C=O) groups excluding carboxylic acids is 1. The molecule has 0 radical (unpaired) electrons. The number of hydrogen-bond acceptors (Lipinski definition) is 6. The summed E-state index contributed by atoms with van der Waals surface area (Å²) >= 11 is 1.85. The molecule has 0 aromatic carbocycles. The van der Waals surface area contributed by atoms with Crippen LogP contribution in [0.5, 0.6) is 0 Å². The van der Waals surface area contributed by atoms with E-state index in [1.165, 1.54) is 26.8 Å². The number of aromatic nitrogens is 4. The minimum absolute atomic E-state index is 0.0952. The molecule has 1 unspecified atom stereocenters. The third kappa shape index (κ3) is 3.86. The molecule has 28 heavy (non-hydrogen) atoms. The molecule has 1 fully saturated rings. The maximum absolute atomic E-state index is 13.6. The first-order chi connectivity index (χ1) is 13.4. The summed E-state index contributed by atoms with van der Waals surface area (Å²) in [6.07, 6.45) is -2.27. The SMILES string of the molecule is O=C(C(Sc1ccc2nnc(-c3cccs3)n2n1)C(F)(F)F)N1CCCCC1. The van der Waals surface area contributed by atoms with Crippen molar-refractivity contribution in [1.29, 1.82) is 0 Å². The molecular weight excluding hydrogens is 411 g/mol. The molecule has 3 aromatic rings. The zero-order valence-electron chi connectivity index (χ0n) is 14.6. The van der Waals surface area contributed by atoms with Crippen LogP contribution in [0.25, 0.3) is 16.3 Å². The van der Waals surface area contributed by atoms with Gasteiger partial charge < -0.3 is 4.90 Å². The van der Waals surface area contributed by atoms with Crippen LogP contribution >= 0.6 is 23.1 Å². The Labute approximate surface area is 166 Å². The second-order valence-electron chi connectivity index (χ2n) is 6.37. The largest absolute Gasteiger partial charge is 0.409 e. The number of nitrogens with zero attached hydrogens (tertiary/aromatic N) is 5. The quantitative estimate of drug-likeness (QED) is 0.591. The van der Waals surface area contributed by atoms with Gasteiger partial charge in [-0.25, -0.2) is 0 Å². The van der Waals surface area contributed by atoms with Crippen LogP contribution in [0, 0.1) is 0 Å². The molecule has 6 nitrogen and oxygen atoms in total. The summed E-state index contributed by atoms with van der Waals surface area (Å²) in [4.78, 5) is 14.7. The Morgan fingerprint density at radius 2 is 1.93 bits per heavy atom. The van der Waals surface area contributed by atoms with E-state index in [1.54, 1.807) is 6.07 Å².